The van der Waals surface area contributed by atoms with Crippen LogP contribution in [0.15, 0.2) is 0 Å². The molecular weight excluding hydrogens is 262 g/mol. The highest BCUT2D eigenvalue weighted by Crippen LogP contribution is 2.40. The first kappa shape index (κ1) is 17.2. The molecule has 1 heterocycles. The molecule has 2 rings (SSSR count). The van der Waals surface area contributed by atoms with E-state index in [4.69, 9.17) is 10.6 Å². The summed E-state index contributed by atoms with van der Waals surface area (Å²) in [5.74, 6) is 5.98. The molecule has 21 heavy (non-hydrogen) atoms. The van der Waals surface area contributed by atoms with Crippen molar-refractivity contribution in [2.75, 3.05) is 26.3 Å². The minimum Gasteiger partial charge on any atom is -0.379 e. The van der Waals surface area contributed by atoms with Gasteiger partial charge in [0.1, 0.15) is 0 Å². The lowest BCUT2D eigenvalue weighted by Gasteiger charge is -2.48. The zero-order valence-electron chi connectivity index (χ0n) is 13.9. The van der Waals surface area contributed by atoms with Crippen LogP contribution >= 0.6 is 0 Å². The Bertz CT molecular complexity index is 273. The summed E-state index contributed by atoms with van der Waals surface area (Å²) in [6.45, 7) is 6.20. The van der Waals surface area contributed by atoms with Crippen LogP contribution in [0.4, 0.5) is 0 Å². The summed E-state index contributed by atoms with van der Waals surface area (Å²) in [7, 11) is 0. The monoisotopic (exact) mass is 297 g/mol. The molecule has 1 unspecified atom stereocenters. The first-order valence-corrected chi connectivity index (χ1v) is 9.12. The maximum Gasteiger partial charge on any atom is 0.0594 e. The topological polar surface area (TPSA) is 50.5 Å². The second-order valence-corrected chi connectivity index (χ2v) is 6.83. The van der Waals surface area contributed by atoms with E-state index in [0.717, 1.165) is 26.3 Å². The van der Waals surface area contributed by atoms with E-state index in [1.807, 2.05) is 0 Å². The molecular formula is C17H35N3O. The number of ether oxygens (including phenoxy) is 1. The summed E-state index contributed by atoms with van der Waals surface area (Å²) in [5.41, 5.74) is 3.49. The zero-order chi connectivity index (χ0) is 15.0. The number of morpholine rings is 1. The Morgan fingerprint density at radius 2 is 1.76 bits per heavy atom. The van der Waals surface area contributed by atoms with Crippen LogP contribution in [0.1, 0.15) is 71.1 Å². The normalized spacial score (nSPS) is 24.3. The zero-order valence-corrected chi connectivity index (χ0v) is 13.9. The highest BCUT2D eigenvalue weighted by atomic mass is 16.5. The van der Waals surface area contributed by atoms with Gasteiger partial charge in [-0.15, -0.1) is 0 Å². The van der Waals surface area contributed by atoms with Gasteiger partial charge in [0.2, 0.25) is 0 Å². The lowest BCUT2D eigenvalue weighted by atomic mass is 9.83. The highest BCUT2D eigenvalue weighted by molar-refractivity contribution is 5.03. The summed E-state index contributed by atoms with van der Waals surface area (Å²) >= 11 is 0. The summed E-state index contributed by atoms with van der Waals surface area (Å²) in [5, 5.41) is 0. The molecule has 124 valence electrons. The van der Waals surface area contributed by atoms with Gasteiger partial charge in [0, 0.05) is 24.7 Å². The quantitative estimate of drug-likeness (QED) is 0.390. The van der Waals surface area contributed by atoms with Crippen molar-refractivity contribution in [1.82, 2.24) is 10.3 Å². The molecule has 2 fully saturated rings. The van der Waals surface area contributed by atoms with Gasteiger partial charge in [-0.05, 0) is 19.3 Å². The van der Waals surface area contributed by atoms with Crippen LogP contribution < -0.4 is 11.3 Å². The van der Waals surface area contributed by atoms with Gasteiger partial charge in [0.25, 0.3) is 0 Å². The molecule has 2 aliphatic rings. The minimum atomic E-state index is 0.295. The van der Waals surface area contributed by atoms with E-state index in [0.29, 0.717) is 11.6 Å². The highest BCUT2D eigenvalue weighted by Gasteiger charge is 2.45. The fourth-order valence-electron chi connectivity index (χ4n) is 4.34. The molecule has 0 aromatic heterocycles. The van der Waals surface area contributed by atoms with Crippen LogP contribution in [0, 0.1) is 0 Å². The van der Waals surface area contributed by atoms with Crippen molar-refractivity contribution in [1.29, 1.82) is 0 Å². The average molecular weight is 297 g/mol. The fraction of sp³-hybridized carbons (Fsp3) is 1.00. The molecule has 0 spiro atoms. The fourth-order valence-corrected chi connectivity index (χ4v) is 4.34. The van der Waals surface area contributed by atoms with Crippen LogP contribution in [0.5, 0.6) is 0 Å². The van der Waals surface area contributed by atoms with Crippen molar-refractivity contribution in [3.8, 4) is 0 Å². The van der Waals surface area contributed by atoms with Crippen LogP contribution in [0.2, 0.25) is 0 Å². The average Bonchev–Trinajstić information content (AvgIpc) is 3.02. The van der Waals surface area contributed by atoms with Gasteiger partial charge in [-0.3, -0.25) is 16.2 Å². The Morgan fingerprint density at radius 1 is 1.10 bits per heavy atom. The predicted molar refractivity (Wildman–Crippen MR) is 88.1 cm³/mol. The number of rotatable bonds is 9. The number of hydrazine groups is 1. The van der Waals surface area contributed by atoms with Crippen molar-refractivity contribution in [2.45, 2.75) is 82.7 Å². The number of hydrogen-bond donors (Lipinski definition) is 2. The molecule has 1 saturated heterocycles. The first-order valence-electron chi connectivity index (χ1n) is 9.12. The van der Waals surface area contributed by atoms with Crippen molar-refractivity contribution in [2.24, 2.45) is 5.84 Å². The Kier molecular flexibility index (Phi) is 7.44. The Labute approximate surface area is 130 Å². The maximum atomic E-state index is 5.98. The lowest BCUT2D eigenvalue weighted by Crippen LogP contribution is -2.63. The van der Waals surface area contributed by atoms with Crippen LogP contribution in [-0.2, 0) is 4.74 Å². The SMILES string of the molecule is CCCCCCCC(NN)C1(N2CCOCC2)CCCC1. The van der Waals surface area contributed by atoms with Gasteiger partial charge in [0.15, 0.2) is 0 Å². The molecule has 3 N–H and O–H groups in total. The lowest BCUT2D eigenvalue weighted by molar-refractivity contribution is -0.0372. The molecule has 0 aromatic carbocycles. The van der Waals surface area contributed by atoms with Crippen molar-refractivity contribution < 1.29 is 4.74 Å². The molecule has 1 aliphatic heterocycles. The summed E-state index contributed by atoms with van der Waals surface area (Å²) in [6, 6.07) is 0.444. The number of nitrogens with zero attached hydrogens (tertiary/aromatic N) is 1. The van der Waals surface area contributed by atoms with Gasteiger partial charge in [-0.25, -0.2) is 0 Å². The number of nitrogens with one attached hydrogen (secondary N) is 1. The molecule has 4 nitrogen and oxygen atoms in total. The van der Waals surface area contributed by atoms with E-state index in [1.54, 1.807) is 0 Å². The maximum absolute atomic E-state index is 5.98. The van der Waals surface area contributed by atoms with Crippen LogP contribution in [-0.4, -0.2) is 42.8 Å². The number of unbranched alkanes of at least 4 members (excludes halogenated alkanes) is 4. The predicted octanol–water partition coefficient (Wildman–Crippen LogP) is 2.82. The van der Waals surface area contributed by atoms with E-state index >= 15 is 0 Å². The standard InChI is InChI=1S/C17H35N3O/c1-2-3-4-5-6-9-16(19-18)17(10-7-8-11-17)20-12-14-21-15-13-20/h16,19H,2-15,18H2,1H3. The van der Waals surface area contributed by atoms with Gasteiger partial charge in [-0.2, -0.15) is 0 Å². The Hall–Kier alpha value is -0.160. The van der Waals surface area contributed by atoms with Gasteiger partial charge in [-0.1, -0.05) is 51.9 Å². The summed E-state index contributed by atoms with van der Waals surface area (Å²) < 4.78 is 5.55. The van der Waals surface area contributed by atoms with Crippen molar-refractivity contribution in [3.63, 3.8) is 0 Å². The third-order valence-electron chi connectivity index (χ3n) is 5.56. The van der Waals surface area contributed by atoms with Gasteiger partial charge in [0.05, 0.1) is 13.2 Å². The van der Waals surface area contributed by atoms with E-state index in [-0.39, 0.29) is 0 Å². The van der Waals surface area contributed by atoms with E-state index in [9.17, 15) is 0 Å². The Morgan fingerprint density at radius 3 is 2.38 bits per heavy atom. The third-order valence-corrected chi connectivity index (χ3v) is 5.56. The Balaban J connectivity index is 1.90. The third kappa shape index (κ3) is 4.41. The van der Waals surface area contributed by atoms with Gasteiger partial charge >= 0.3 is 0 Å². The molecule has 1 saturated carbocycles. The second-order valence-electron chi connectivity index (χ2n) is 6.83. The van der Waals surface area contributed by atoms with Crippen LogP contribution in [0.25, 0.3) is 0 Å². The van der Waals surface area contributed by atoms with Crippen LogP contribution in [0.3, 0.4) is 0 Å². The van der Waals surface area contributed by atoms with Crippen molar-refractivity contribution >= 4 is 0 Å². The number of nitrogens with two attached hydrogens (primary N) is 1. The van der Waals surface area contributed by atoms with Gasteiger partial charge < -0.3 is 4.74 Å². The van der Waals surface area contributed by atoms with Crippen molar-refractivity contribution in [3.05, 3.63) is 0 Å². The second kappa shape index (κ2) is 9.09. The molecule has 4 heteroatoms. The molecule has 0 radical (unpaired) electrons. The smallest absolute Gasteiger partial charge is 0.0594 e. The molecule has 0 bridgehead atoms. The molecule has 0 aromatic rings. The summed E-state index contributed by atoms with van der Waals surface area (Å²) in [6.07, 6.45) is 13.2. The summed E-state index contributed by atoms with van der Waals surface area (Å²) in [4.78, 5) is 2.68. The van der Waals surface area contributed by atoms with E-state index in [2.05, 4.69) is 17.2 Å². The van der Waals surface area contributed by atoms with E-state index < -0.39 is 0 Å². The largest absolute Gasteiger partial charge is 0.379 e. The van der Waals surface area contributed by atoms with E-state index in [1.165, 1.54) is 64.2 Å². The number of hydrogen-bond acceptors (Lipinski definition) is 4. The first-order chi connectivity index (χ1) is 10.3. The minimum absolute atomic E-state index is 0.295. The molecule has 1 aliphatic carbocycles. The molecule has 1 atom stereocenters. The molecule has 0 amide bonds.